The van der Waals surface area contributed by atoms with Gasteiger partial charge in [0.1, 0.15) is 6.10 Å². The van der Waals surface area contributed by atoms with Crippen LogP contribution in [0.15, 0.2) is 34.9 Å². The maximum Gasteiger partial charge on any atom is 0.122 e. The number of rotatable bonds is 3. The number of aliphatic hydroxyl groups is 1. The third-order valence-electron chi connectivity index (χ3n) is 2.87. The smallest absolute Gasteiger partial charge is 0.122 e. The molecule has 1 aromatic carbocycles. The van der Waals surface area contributed by atoms with Gasteiger partial charge in [-0.25, -0.2) is 0 Å². The van der Waals surface area contributed by atoms with Crippen LogP contribution < -0.4 is 0 Å². The van der Waals surface area contributed by atoms with Gasteiger partial charge < -0.3 is 5.11 Å². The third kappa shape index (κ3) is 2.28. The van der Waals surface area contributed by atoms with E-state index in [1.54, 1.807) is 10.9 Å². The lowest BCUT2D eigenvalue weighted by Gasteiger charge is -2.15. The predicted molar refractivity (Wildman–Crippen MR) is 70.8 cm³/mol. The van der Waals surface area contributed by atoms with Crippen LogP contribution in [-0.4, -0.2) is 14.9 Å². The number of aliphatic hydroxyl groups excluding tert-OH is 1. The van der Waals surface area contributed by atoms with E-state index in [9.17, 15) is 5.11 Å². The van der Waals surface area contributed by atoms with Gasteiger partial charge in [0.15, 0.2) is 0 Å². The maximum absolute atomic E-state index is 10.5. The molecule has 0 saturated heterocycles. The molecule has 0 spiro atoms. The molecule has 3 nitrogen and oxygen atoms in total. The number of aryl methyl sites for hydroxylation is 2. The van der Waals surface area contributed by atoms with E-state index in [4.69, 9.17) is 0 Å². The Bertz CT molecular complexity index is 522. The minimum Gasteiger partial charge on any atom is -0.382 e. The lowest BCUT2D eigenvalue weighted by molar-refractivity contribution is 0.206. The van der Waals surface area contributed by atoms with Crippen LogP contribution in [-0.2, 0) is 6.54 Å². The fourth-order valence-corrected chi connectivity index (χ4v) is 2.45. The van der Waals surface area contributed by atoms with Crippen LogP contribution >= 0.6 is 15.9 Å². The van der Waals surface area contributed by atoms with Crippen molar-refractivity contribution in [1.29, 1.82) is 0 Å². The molecule has 0 bridgehead atoms. The summed E-state index contributed by atoms with van der Waals surface area (Å²) in [5, 5.41) is 14.7. The average molecular weight is 295 g/mol. The Morgan fingerprint density at radius 1 is 1.41 bits per heavy atom. The van der Waals surface area contributed by atoms with Crippen molar-refractivity contribution >= 4 is 15.9 Å². The van der Waals surface area contributed by atoms with Crippen LogP contribution in [0.25, 0.3) is 0 Å². The lowest BCUT2D eigenvalue weighted by atomic mass is 10.0. The Balaban J connectivity index is 2.47. The largest absolute Gasteiger partial charge is 0.382 e. The van der Waals surface area contributed by atoms with Gasteiger partial charge in [0.05, 0.1) is 16.4 Å². The molecule has 0 aliphatic carbocycles. The van der Waals surface area contributed by atoms with Crippen LogP contribution in [0.1, 0.15) is 29.8 Å². The van der Waals surface area contributed by atoms with Gasteiger partial charge in [-0.2, -0.15) is 5.10 Å². The molecule has 0 aliphatic heterocycles. The van der Waals surface area contributed by atoms with E-state index < -0.39 is 6.10 Å². The highest BCUT2D eigenvalue weighted by Crippen LogP contribution is 2.29. The molecule has 17 heavy (non-hydrogen) atoms. The summed E-state index contributed by atoms with van der Waals surface area (Å²) in [4.78, 5) is 0. The van der Waals surface area contributed by atoms with Gasteiger partial charge in [0.25, 0.3) is 0 Å². The molecule has 0 fully saturated rings. The van der Waals surface area contributed by atoms with Gasteiger partial charge in [-0.3, -0.25) is 4.68 Å². The quantitative estimate of drug-likeness (QED) is 0.945. The minimum absolute atomic E-state index is 0.645. The van der Waals surface area contributed by atoms with Crippen LogP contribution in [0.5, 0.6) is 0 Å². The van der Waals surface area contributed by atoms with E-state index in [1.807, 2.05) is 38.1 Å². The van der Waals surface area contributed by atoms with Crippen molar-refractivity contribution in [3.63, 3.8) is 0 Å². The molecule has 2 aromatic rings. The Morgan fingerprint density at radius 3 is 2.76 bits per heavy atom. The highest BCUT2D eigenvalue weighted by molar-refractivity contribution is 9.10. The van der Waals surface area contributed by atoms with Gasteiger partial charge in [-0.15, -0.1) is 0 Å². The summed E-state index contributed by atoms with van der Waals surface area (Å²) in [5.74, 6) is 0. The first-order chi connectivity index (χ1) is 8.15. The molecule has 1 heterocycles. The SMILES string of the molecule is CCn1ncc(Br)c1C(O)c1ccccc1C. The minimum atomic E-state index is -0.645. The monoisotopic (exact) mass is 294 g/mol. The summed E-state index contributed by atoms with van der Waals surface area (Å²) < 4.78 is 2.65. The number of aromatic nitrogens is 2. The molecule has 1 unspecified atom stereocenters. The van der Waals surface area contributed by atoms with Crippen LogP contribution in [0.2, 0.25) is 0 Å². The van der Waals surface area contributed by atoms with E-state index in [-0.39, 0.29) is 0 Å². The Morgan fingerprint density at radius 2 is 2.12 bits per heavy atom. The average Bonchev–Trinajstić information content (AvgIpc) is 2.70. The van der Waals surface area contributed by atoms with Gasteiger partial charge >= 0.3 is 0 Å². The second kappa shape index (κ2) is 5.02. The summed E-state index contributed by atoms with van der Waals surface area (Å²) in [7, 11) is 0. The van der Waals surface area contributed by atoms with Gasteiger partial charge in [-0.1, -0.05) is 24.3 Å². The lowest BCUT2D eigenvalue weighted by Crippen LogP contribution is -2.10. The van der Waals surface area contributed by atoms with Gasteiger partial charge in [0, 0.05) is 6.54 Å². The molecule has 4 heteroatoms. The Kier molecular flexibility index (Phi) is 3.64. The molecular weight excluding hydrogens is 280 g/mol. The molecule has 90 valence electrons. The maximum atomic E-state index is 10.5. The first-order valence-corrected chi connectivity index (χ1v) is 6.39. The zero-order valence-corrected chi connectivity index (χ0v) is 11.5. The number of benzene rings is 1. The fourth-order valence-electron chi connectivity index (χ4n) is 1.94. The zero-order valence-electron chi connectivity index (χ0n) is 9.89. The Labute approximate surface area is 109 Å². The molecular formula is C13H15BrN2O. The second-order valence-electron chi connectivity index (χ2n) is 3.95. The summed E-state index contributed by atoms with van der Waals surface area (Å²) >= 11 is 3.44. The topological polar surface area (TPSA) is 38.0 Å². The van der Waals surface area contributed by atoms with E-state index in [0.717, 1.165) is 27.8 Å². The summed E-state index contributed by atoms with van der Waals surface area (Å²) in [5.41, 5.74) is 2.81. The first kappa shape index (κ1) is 12.3. The molecule has 1 atom stereocenters. The summed E-state index contributed by atoms with van der Waals surface area (Å²) in [6.07, 6.45) is 1.08. The molecule has 0 saturated carbocycles. The van der Waals surface area contributed by atoms with Gasteiger partial charge in [-0.05, 0) is 40.9 Å². The van der Waals surface area contributed by atoms with Crippen LogP contribution in [0.4, 0.5) is 0 Å². The predicted octanol–water partition coefficient (Wildman–Crippen LogP) is 3.06. The standard InChI is InChI=1S/C13H15BrN2O/c1-3-16-12(11(14)8-15-16)13(17)10-7-5-4-6-9(10)2/h4-8,13,17H,3H2,1-2H3. The van der Waals surface area contributed by atoms with Crippen LogP contribution in [0.3, 0.4) is 0 Å². The van der Waals surface area contributed by atoms with E-state index in [2.05, 4.69) is 21.0 Å². The molecule has 0 aliphatic rings. The Hall–Kier alpha value is -1.13. The van der Waals surface area contributed by atoms with Gasteiger partial charge in [0.2, 0.25) is 0 Å². The summed E-state index contributed by atoms with van der Waals surface area (Å²) in [6, 6.07) is 7.85. The first-order valence-electron chi connectivity index (χ1n) is 5.60. The van der Waals surface area contributed by atoms with Crippen molar-refractivity contribution in [3.8, 4) is 0 Å². The molecule has 1 N–H and O–H groups in total. The van der Waals surface area contributed by atoms with E-state index in [1.165, 1.54) is 0 Å². The van der Waals surface area contributed by atoms with Crippen molar-refractivity contribution in [2.75, 3.05) is 0 Å². The van der Waals surface area contributed by atoms with Crippen molar-refractivity contribution < 1.29 is 5.11 Å². The van der Waals surface area contributed by atoms with Crippen LogP contribution in [0, 0.1) is 6.92 Å². The highest BCUT2D eigenvalue weighted by Gasteiger charge is 2.20. The number of halogens is 1. The van der Waals surface area contributed by atoms with Crippen molar-refractivity contribution in [3.05, 3.63) is 51.8 Å². The van der Waals surface area contributed by atoms with Crippen molar-refractivity contribution in [1.82, 2.24) is 9.78 Å². The third-order valence-corrected chi connectivity index (χ3v) is 3.49. The van der Waals surface area contributed by atoms with Crippen molar-refractivity contribution in [2.45, 2.75) is 26.5 Å². The zero-order chi connectivity index (χ0) is 12.4. The molecule has 1 aromatic heterocycles. The summed E-state index contributed by atoms with van der Waals surface area (Å²) in [6.45, 7) is 4.75. The second-order valence-corrected chi connectivity index (χ2v) is 4.81. The number of hydrogen-bond donors (Lipinski definition) is 1. The fraction of sp³-hybridized carbons (Fsp3) is 0.308. The number of nitrogens with zero attached hydrogens (tertiary/aromatic N) is 2. The van der Waals surface area contributed by atoms with Crippen molar-refractivity contribution in [2.24, 2.45) is 0 Å². The number of hydrogen-bond acceptors (Lipinski definition) is 2. The molecule has 2 rings (SSSR count). The highest BCUT2D eigenvalue weighted by atomic mass is 79.9. The van der Waals surface area contributed by atoms with E-state index >= 15 is 0 Å². The molecule has 0 amide bonds. The molecule has 0 radical (unpaired) electrons. The van der Waals surface area contributed by atoms with E-state index in [0.29, 0.717) is 0 Å². The normalized spacial score (nSPS) is 12.7.